The van der Waals surface area contributed by atoms with Crippen molar-refractivity contribution in [3.8, 4) is 0 Å². The first kappa shape index (κ1) is 9.21. The summed E-state index contributed by atoms with van der Waals surface area (Å²) >= 11 is 0. The summed E-state index contributed by atoms with van der Waals surface area (Å²) in [6.45, 7) is 0. The van der Waals surface area contributed by atoms with Crippen LogP contribution in [0, 0.1) is 0 Å². The number of pyridine rings is 1. The molecule has 1 saturated carbocycles. The zero-order valence-electron chi connectivity index (χ0n) is 8.55. The molecular formula is C11H11N3O2. The highest BCUT2D eigenvalue weighted by molar-refractivity contribution is 5.94. The second-order valence-corrected chi connectivity index (χ2v) is 4.12. The third kappa shape index (κ3) is 1.25. The fourth-order valence-corrected chi connectivity index (χ4v) is 1.91. The molecule has 0 bridgehead atoms. The van der Waals surface area contributed by atoms with Crippen LogP contribution in [0.25, 0.3) is 5.52 Å². The van der Waals surface area contributed by atoms with Gasteiger partial charge in [0.05, 0.1) is 5.52 Å². The van der Waals surface area contributed by atoms with Gasteiger partial charge in [0.25, 0.3) is 0 Å². The summed E-state index contributed by atoms with van der Waals surface area (Å²) in [5.41, 5.74) is 7.04. The summed E-state index contributed by atoms with van der Waals surface area (Å²) < 4.78 is 1.80. The van der Waals surface area contributed by atoms with Crippen LogP contribution in [0.5, 0.6) is 0 Å². The molecule has 0 atom stereocenters. The van der Waals surface area contributed by atoms with Gasteiger partial charge in [0.15, 0.2) is 5.69 Å². The number of fused-ring (bicyclic) bond motifs is 1. The summed E-state index contributed by atoms with van der Waals surface area (Å²) in [6, 6.07) is 3.40. The predicted octanol–water partition coefficient (Wildman–Crippen LogP) is 1.49. The number of nitrogens with two attached hydrogens (primary N) is 1. The van der Waals surface area contributed by atoms with Crippen LogP contribution in [-0.4, -0.2) is 20.5 Å². The third-order valence-corrected chi connectivity index (χ3v) is 2.83. The van der Waals surface area contributed by atoms with E-state index >= 15 is 0 Å². The van der Waals surface area contributed by atoms with Crippen molar-refractivity contribution < 1.29 is 9.90 Å². The molecule has 0 radical (unpaired) electrons. The van der Waals surface area contributed by atoms with Crippen molar-refractivity contribution in [2.45, 2.75) is 18.8 Å². The van der Waals surface area contributed by atoms with Crippen molar-refractivity contribution in [3.63, 3.8) is 0 Å². The predicted molar refractivity (Wildman–Crippen MR) is 58.5 cm³/mol. The number of carboxylic acid groups (broad SMARTS) is 1. The largest absolute Gasteiger partial charge is 0.476 e. The Hall–Kier alpha value is -2.04. The van der Waals surface area contributed by atoms with E-state index in [1.165, 1.54) is 0 Å². The number of imidazole rings is 1. The molecule has 2 heterocycles. The van der Waals surface area contributed by atoms with Gasteiger partial charge in [-0.15, -0.1) is 0 Å². The van der Waals surface area contributed by atoms with Gasteiger partial charge in [-0.25, -0.2) is 9.78 Å². The minimum atomic E-state index is -0.992. The second kappa shape index (κ2) is 2.98. The molecule has 1 fully saturated rings. The average molecular weight is 217 g/mol. The molecule has 82 valence electrons. The topological polar surface area (TPSA) is 80.6 Å². The minimum Gasteiger partial charge on any atom is -0.476 e. The quantitative estimate of drug-likeness (QED) is 0.798. The number of nitrogen functional groups attached to an aromatic ring is 1. The van der Waals surface area contributed by atoms with Gasteiger partial charge in [0.1, 0.15) is 5.82 Å². The number of nitrogens with zero attached hydrogens (tertiary/aromatic N) is 2. The minimum absolute atomic E-state index is 0.113. The Balaban J connectivity index is 2.32. The van der Waals surface area contributed by atoms with Crippen molar-refractivity contribution in [3.05, 3.63) is 29.8 Å². The molecule has 2 aromatic heterocycles. The Bertz CT molecular complexity index is 584. The van der Waals surface area contributed by atoms with E-state index in [1.54, 1.807) is 22.7 Å². The lowest BCUT2D eigenvalue weighted by Crippen LogP contribution is -1.97. The molecule has 3 rings (SSSR count). The first-order chi connectivity index (χ1) is 7.66. The van der Waals surface area contributed by atoms with E-state index in [4.69, 9.17) is 10.8 Å². The first-order valence-electron chi connectivity index (χ1n) is 5.17. The molecule has 2 aromatic rings. The fourth-order valence-electron chi connectivity index (χ4n) is 1.91. The van der Waals surface area contributed by atoms with Gasteiger partial charge in [-0.05, 0) is 25.0 Å². The van der Waals surface area contributed by atoms with Gasteiger partial charge < -0.3 is 15.2 Å². The SMILES string of the molecule is Nc1ccc2c(C(=O)O)nc(C3CC3)n2c1. The van der Waals surface area contributed by atoms with E-state index in [9.17, 15) is 4.79 Å². The lowest BCUT2D eigenvalue weighted by atomic mass is 10.3. The molecule has 5 nitrogen and oxygen atoms in total. The Labute approximate surface area is 91.5 Å². The highest BCUT2D eigenvalue weighted by Gasteiger charge is 2.30. The Kier molecular flexibility index (Phi) is 1.71. The van der Waals surface area contributed by atoms with Crippen molar-refractivity contribution in [2.24, 2.45) is 0 Å². The van der Waals surface area contributed by atoms with Crippen molar-refractivity contribution >= 4 is 17.2 Å². The molecule has 0 amide bonds. The maximum atomic E-state index is 11.0. The lowest BCUT2D eigenvalue weighted by molar-refractivity contribution is 0.0693. The van der Waals surface area contributed by atoms with Crippen molar-refractivity contribution in [2.75, 3.05) is 5.73 Å². The van der Waals surface area contributed by atoms with Gasteiger partial charge >= 0.3 is 5.97 Å². The number of carbonyl (C=O) groups is 1. The smallest absolute Gasteiger partial charge is 0.356 e. The average Bonchev–Trinajstić information content (AvgIpc) is 3.00. The highest BCUT2D eigenvalue weighted by Crippen LogP contribution is 2.40. The van der Waals surface area contributed by atoms with E-state index in [-0.39, 0.29) is 5.69 Å². The maximum Gasteiger partial charge on any atom is 0.356 e. The Morgan fingerprint density at radius 2 is 2.25 bits per heavy atom. The molecular weight excluding hydrogens is 206 g/mol. The third-order valence-electron chi connectivity index (χ3n) is 2.83. The molecule has 0 saturated heterocycles. The molecule has 0 spiro atoms. The summed E-state index contributed by atoms with van der Waals surface area (Å²) in [5.74, 6) is 0.219. The van der Waals surface area contributed by atoms with E-state index in [2.05, 4.69) is 4.98 Å². The number of aromatic carboxylic acids is 1. The second-order valence-electron chi connectivity index (χ2n) is 4.12. The molecule has 0 aromatic carbocycles. The Morgan fingerprint density at radius 1 is 1.50 bits per heavy atom. The van der Waals surface area contributed by atoms with Gasteiger partial charge in [-0.1, -0.05) is 0 Å². The summed E-state index contributed by atoms with van der Waals surface area (Å²) in [4.78, 5) is 15.2. The molecule has 0 aliphatic heterocycles. The van der Waals surface area contributed by atoms with Crippen LogP contribution in [0.15, 0.2) is 18.3 Å². The zero-order chi connectivity index (χ0) is 11.3. The molecule has 0 unspecified atom stereocenters. The zero-order valence-corrected chi connectivity index (χ0v) is 8.55. The number of rotatable bonds is 2. The van der Waals surface area contributed by atoms with Crippen LogP contribution in [0.1, 0.15) is 35.1 Å². The lowest BCUT2D eigenvalue weighted by Gasteiger charge is -2.00. The van der Waals surface area contributed by atoms with E-state index in [1.807, 2.05) is 0 Å². The monoisotopic (exact) mass is 217 g/mol. The van der Waals surface area contributed by atoms with Gasteiger partial charge in [-0.2, -0.15) is 0 Å². The van der Waals surface area contributed by atoms with Gasteiger partial charge in [0, 0.05) is 17.8 Å². The van der Waals surface area contributed by atoms with Crippen LogP contribution in [0.2, 0.25) is 0 Å². The summed E-state index contributed by atoms with van der Waals surface area (Å²) in [7, 11) is 0. The summed E-state index contributed by atoms with van der Waals surface area (Å²) in [5, 5.41) is 9.06. The molecule has 3 N–H and O–H groups in total. The molecule has 1 aliphatic rings. The molecule has 16 heavy (non-hydrogen) atoms. The van der Waals surface area contributed by atoms with Gasteiger partial charge in [0.2, 0.25) is 0 Å². The number of hydrogen-bond acceptors (Lipinski definition) is 3. The maximum absolute atomic E-state index is 11.0. The van der Waals surface area contributed by atoms with Crippen LogP contribution in [-0.2, 0) is 0 Å². The van der Waals surface area contributed by atoms with Crippen molar-refractivity contribution in [1.82, 2.24) is 9.38 Å². The van der Waals surface area contributed by atoms with E-state index in [0.717, 1.165) is 18.7 Å². The molecule has 1 aliphatic carbocycles. The first-order valence-corrected chi connectivity index (χ1v) is 5.17. The van der Waals surface area contributed by atoms with Crippen LogP contribution >= 0.6 is 0 Å². The number of aromatic nitrogens is 2. The fraction of sp³-hybridized carbons (Fsp3) is 0.273. The van der Waals surface area contributed by atoms with Crippen LogP contribution in [0.4, 0.5) is 5.69 Å². The van der Waals surface area contributed by atoms with Gasteiger partial charge in [-0.3, -0.25) is 0 Å². The number of carboxylic acids is 1. The van der Waals surface area contributed by atoms with E-state index < -0.39 is 5.97 Å². The number of hydrogen-bond donors (Lipinski definition) is 2. The van der Waals surface area contributed by atoms with Crippen LogP contribution in [0.3, 0.4) is 0 Å². The normalized spacial score (nSPS) is 15.5. The van der Waals surface area contributed by atoms with Crippen LogP contribution < -0.4 is 5.73 Å². The Morgan fingerprint density at radius 3 is 2.88 bits per heavy atom. The van der Waals surface area contributed by atoms with E-state index in [0.29, 0.717) is 17.1 Å². The van der Waals surface area contributed by atoms with Crippen molar-refractivity contribution in [1.29, 1.82) is 0 Å². The standard InChI is InChI=1S/C11H11N3O2/c12-7-3-4-8-9(11(15)16)13-10(6-1-2-6)14(8)5-7/h3-6H,1-2,12H2,(H,15,16). The summed E-state index contributed by atoms with van der Waals surface area (Å²) in [6.07, 6.45) is 3.89. The molecule has 5 heteroatoms. The highest BCUT2D eigenvalue weighted by atomic mass is 16.4. The number of anilines is 1.